The average Bonchev–Trinajstić information content (AvgIpc) is 2.49. The van der Waals surface area contributed by atoms with Gasteiger partial charge in [-0.15, -0.1) is 0 Å². The quantitative estimate of drug-likeness (QED) is 0.796. The van der Waals surface area contributed by atoms with Crippen LogP contribution in [0.3, 0.4) is 0 Å². The van der Waals surface area contributed by atoms with E-state index in [9.17, 15) is 8.42 Å². The summed E-state index contributed by atoms with van der Waals surface area (Å²) >= 11 is 6.04. The van der Waals surface area contributed by atoms with Crippen molar-refractivity contribution in [3.8, 4) is 0 Å². The summed E-state index contributed by atoms with van der Waals surface area (Å²) in [5.74, 6) is 0. The van der Waals surface area contributed by atoms with Crippen molar-refractivity contribution in [1.29, 1.82) is 0 Å². The number of fused-ring (bicyclic) bond motifs is 1. The van der Waals surface area contributed by atoms with Crippen molar-refractivity contribution in [3.63, 3.8) is 0 Å². The van der Waals surface area contributed by atoms with Gasteiger partial charge in [-0.2, -0.15) is 0 Å². The molecule has 21 heavy (non-hydrogen) atoms. The third-order valence-electron chi connectivity index (χ3n) is 3.45. The molecule has 1 aromatic carbocycles. The maximum absolute atomic E-state index is 12.7. The second-order valence-electron chi connectivity index (χ2n) is 5.00. The Labute approximate surface area is 128 Å². The van der Waals surface area contributed by atoms with Crippen molar-refractivity contribution in [2.75, 3.05) is 13.2 Å². The normalized spacial score (nSPS) is 17.2. The van der Waals surface area contributed by atoms with Crippen LogP contribution in [0.25, 0.3) is 10.9 Å². The van der Waals surface area contributed by atoms with E-state index in [1.54, 1.807) is 6.07 Å². The van der Waals surface area contributed by atoms with Crippen molar-refractivity contribution in [2.45, 2.75) is 24.7 Å². The van der Waals surface area contributed by atoms with Gasteiger partial charge in [0.05, 0.1) is 12.1 Å². The number of benzene rings is 1. The summed E-state index contributed by atoms with van der Waals surface area (Å²) < 4.78 is 26.5. The third-order valence-corrected chi connectivity index (χ3v) is 5.55. The number of rotatable bonds is 2. The predicted molar refractivity (Wildman–Crippen MR) is 80.6 cm³/mol. The Morgan fingerprint density at radius 2 is 2.14 bits per heavy atom. The van der Waals surface area contributed by atoms with E-state index in [1.807, 2.05) is 19.1 Å². The Balaban J connectivity index is 2.17. The van der Waals surface area contributed by atoms with Crippen molar-refractivity contribution in [3.05, 3.63) is 35.0 Å². The molecule has 0 bridgehead atoms. The highest BCUT2D eigenvalue weighted by Gasteiger charge is 2.29. The van der Waals surface area contributed by atoms with Crippen LogP contribution in [-0.2, 0) is 14.9 Å². The van der Waals surface area contributed by atoms with Crippen LogP contribution >= 0.6 is 11.6 Å². The standard InChI is InChI=1S/C14H15ClN2O3S/c1-10-9-11-5-4-6-12(13(11)16-14(10)15)21(18,19)17-7-2-3-8-20-17/h4-6,9H,2-3,7-8H2,1H3. The second-order valence-corrected chi connectivity index (χ2v) is 7.15. The fourth-order valence-corrected chi connectivity index (χ4v) is 3.94. The van der Waals surface area contributed by atoms with Gasteiger partial charge in [0.2, 0.25) is 0 Å². The van der Waals surface area contributed by atoms with Gasteiger partial charge in [0, 0.05) is 11.9 Å². The molecule has 7 heteroatoms. The van der Waals surface area contributed by atoms with Crippen molar-refractivity contribution in [1.82, 2.24) is 9.45 Å². The molecule has 0 amide bonds. The van der Waals surface area contributed by atoms with E-state index in [0.717, 1.165) is 28.3 Å². The number of pyridine rings is 1. The largest absolute Gasteiger partial charge is 0.284 e. The van der Waals surface area contributed by atoms with Gasteiger partial charge in [-0.3, -0.25) is 4.84 Å². The van der Waals surface area contributed by atoms with E-state index in [1.165, 1.54) is 6.07 Å². The van der Waals surface area contributed by atoms with Crippen LogP contribution in [-0.4, -0.2) is 31.0 Å². The van der Waals surface area contributed by atoms with Gasteiger partial charge in [-0.05, 0) is 37.5 Å². The van der Waals surface area contributed by atoms with Crippen molar-refractivity contribution in [2.24, 2.45) is 0 Å². The number of halogens is 1. The Bertz CT molecular complexity index is 786. The molecule has 0 aliphatic carbocycles. The molecule has 5 nitrogen and oxygen atoms in total. The molecule has 1 aliphatic heterocycles. The van der Waals surface area contributed by atoms with Crippen LogP contribution in [0, 0.1) is 6.92 Å². The summed E-state index contributed by atoms with van der Waals surface area (Å²) in [6.07, 6.45) is 1.65. The molecule has 1 aliphatic rings. The molecule has 0 unspecified atom stereocenters. The van der Waals surface area contributed by atoms with Crippen LogP contribution in [0.2, 0.25) is 5.15 Å². The minimum atomic E-state index is -3.73. The fraction of sp³-hybridized carbons (Fsp3) is 0.357. The fourth-order valence-electron chi connectivity index (χ4n) is 2.34. The van der Waals surface area contributed by atoms with Crippen molar-refractivity contribution < 1.29 is 13.3 Å². The van der Waals surface area contributed by atoms with E-state index < -0.39 is 10.0 Å². The SMILES string of the molecule is Cc1cc2cccc(S(=O)(=O)N3CCCCO3)c2nc1Cl. The highest BCUT2D eigenvalue weighted by molar-refractivity contribution is 7.89. The van der Waals surface area contributed by atoms with E-state index in [0.29, 0.717) is 23.8 Å². The summed E-state index contributed by atoms with van der Waals surface area (Å²) in [6.45, 7) is 2.61. The summed E-state index contributed by atoms with van der Waals surface area (Å²) in [5.41, 5.74) is 1.19. The van der Waals surface area contributed by atoms with Crippen LogP contribution in [0.5, 0.6) is 0 Å². The van der Waals surface area contributed by atoms with Gasteiger partial charge in [0.15, 0.2) is 0 Å². The predicted octanol–water partition coefficient (Wildman–Crippen LogP) is 2.91. The van der Waals surface area contributed by atoms with Crippen LogP contribution in [0.1, 0.15) is 18.4 Å². The molecule has 2 aromatic rings. The van der Waals surface area contributed by atoms with Gasteiger partial charge < -0.3 is 0 Å². The molecule has 1 fully saturated rings. The first kappa shape index (κ1) is 14.7. The molecule has 3 rings (SSSR count). The molecule has 1 aromatic heterocycles. The minimum Gasteiger partial charge on any atom is -0.284 e. The number of aryl methyl sites for hydroxylation is 1. The third kappa shape index (κ3) is 2.64. The van der Waals surface area contributed by atoms with Gasteiger partial charge in [-0.25, -0.2) is 13.4 Å². The second kappa shape index (κ2) is 5.53. The minimum absolute atomic E-state index is 0.129. The molecule has 0 atom stereocenters. The highest BCUT2D eigenvalue weighted by Crippen LogP contribution is 2.28. The summed E-state index contributed by atoms with van der Waals surface area (Å²) in [7, 11) is -3.73. The monoisotopic (exact) mass is 326 g/mol. The molecule has 0 saturated carbocycles. The first-order chi connectivity index (χ1) is 10.00. The maximum atomic E-state index is 12.7. The van der Waals surface area contributed by atoms with Gasteiger partial charge >= 0.3 is 0 Å². The lowest BCUT2D eigenvalue weighted by atomic mass is 10.2. The zero-order valence-electron chi connectivity index (χ0n) is 11.5. The van der Waals surface area contributed by atoms with Gasteiger partial charge in [0.1, 0.15) is 10.0 Å². The molecule has 0 radical (unpaired) electrons. The summed E-state index contributed by atoms with van der Waals surface area (Å²) in [6, 6.07) is 6.89. The maximum Gasteiger partial charge on any atom is 0.267 e. The molecule has 112 valence electrons. The molecule has 0 N–H and O–H groups in total. The smallest absolute Gasteiger partial charge is 0.267 e. The zero-order valence-corrected chi connectivity index (χ0v) is 13.1. The molecule has 2 heterocycles. The lowest BCUT2D eigenvalue weighted by Gasteiger charge is -2.25. The lowest BCUT2D eigenvalue weighted by Crippen LogP contribution is -2.35. The summed E-state index contributed by atoms with van der Waals surface area (Å²) in [5, 5.41) is 1.06. The highest BCUT2D eigenvalue weighted by atomic mass is 35.5. The van der Waals surface area contributed by atoms with Crippen molar-refractivity contribution >= 4 is 32.5 Å². The number of aromatic nitrogens is 1. The summed E-state index contributed by atoms with van der Waals surface area (Å²) in [4.78, 5) is 9.65. The molecular weight excluding hydrogens is 312 g/mol. The zero-order chi connectivity index (χ0) is 15.0. The number of hydroxylamine groups is 1. The topological polar surface area (TPSA) is 59.5 Å². The number of hydrogen-bond acceptors (Lipinski definition) is 4. The van der Waals surface area contributed by atoms with Gasteiger partial charge in [0.25, 0.3) is 10.0 Å². The van der Waals surface area contributed by atoms with E-state index in [-0.39, 0.29) is 4.90 Å². The van der Waals surface area contributed by atoms with E-state index in [2.05, 4.69) is 4.98 Å². The van der Waals surface area contributed by atoms with E-state index in [4.69, 9.17) is 16.4 Å². The molecule has 1 saturated heterocycles. The lowest BCUT2D eigenvalue weighted by molar-refractivity contribution is -0.108. The first-order valence-corrected chi connectivity index (χ1v) is 8.53. The molecule has 0 spiro atoms. The molecular formula is C14H15ClN2O3S. The van der Waals surface area contributed by atoms with Gasteiger partial charge in [-0.1, -0.05) is 28.2 Å². The Morgan fingerprint density at radius 3 is 2.86 bits per heavy atom. The average molecular weight is 327 g/mol. The number of sulfonamides is 1. The number of nitrogens with zero attached hydrogens (tertiary/aromatic N) is 2. The van der Waals surface area contributed by atoms with Crippen LogP contribution in [0.4, 0.5) is 0 Å². The van der Waals surface area contributed by atoms with Crippen LogP contribution in [0.15, 0.2) is 29.2 Å². The number of para-hydroxylation sites is 1. The first-order valence-electron chi connectivity index (χ1n) is 6.72. The Kier molecular flexibility index (Phi) is 3.88. The van der Waals surface area contributed by atoms with Crippen LogP contribution < -0.4 is 0 Å². The number of hydrogen-bond donors (Lipinski definition) is 0. The Hall–Kier alpha value is -1.21. The van der Waals surface area contributed by atoms with E-state index >= 15 is 0 Å². The Morgan fingerprint density at radius 1 is 1.33 bits per heavy atom.